The quantitative estimate of drug-likeness (QED) is 0.542. The topological polar surface area (TPSA) is 70.1 Å². The number of hydrogen-bond acceptors (Lipinski definition) is 4. The van der Waals surface area contributed by atoms with Crippen LogP contribution in [0, 0.1) is 6.92 Å². The van der Waals surface area contributed by atoms with Gasteiger partial charge in [0.15, 0.2) is 0 Å². The van der Waals surface area contributed by atoms with E-state index in [0.29, 0.717) is 12.1 Å². The first-order chi connectivity index (χ1) is 12.1. The van der Waals surface area contributed by atoms with Gasteiger partial charge in [-0.05, 0) is 18.1 Å². The number of aromatic amines is 1. The molecule has 0 aliphatic rings. The van der Waals surface area contributed by atoms with Gasteiger partial charge in [0.1, 0.15) is 10.7 Å². The third kappa shape index (κ3) is 4.33. The molecule has 5 nitrogen and oxygen atoms in total. The summed E-state index contributed by atoms with van der Waals surface area (Å²) in [5, 5.41) is 10.5. The molecule has 6 heteroatoms. The fourth-order valence-corrected chi connectivity index (χ4v) is 2.46. The van der Waals surface area contributed by atoms with Gasteiger partial charge in [0.2, 0.25) is 0 Å². The van der Waals surface area contributed by atoms with E-state index in [1.54, 1.807) is 0 Å². The summed E-state index contributed by atoms with van der Waals surface area (Å²) in [7, 11) is 0. The van der Waals surface area contributed by atoms with Crippen LogP contribution in [0.3, 0.4) is 0 Å². The lowest BCUT2D eigenvalue weighted by Gasteiger charge is -2.09. The Morgan fingerprint density at radius 1 is 1.16 bits per heavy atom. The second-order valence-corrected chi connectivity index (χ2v) is 6.00. The minimum absolute atomic E-state index is 0.0294. The number of hydrazone groups is 1. The predicted molar refractivity (Wildman–Crippen MR) is 101 cm³/mol. The van der Waals surface area contributed by atoms with Crippen LogP contribution in [0.5, 0.6) is 0 Å². The van der Waals surface area contributed by atoms with E-state index in [4.69, 9.17) is 11.6 Å². The molecule has 0 unspecified atom stereocenters. The van der Waals surface area contributed by atoms with Gasteiger partial charge in [-0.25, -0.2) is 5.10 Å². The number of aromatic nitrogens is 2. The average molecular weight is 353 g/mol. The third-order valence-electron chi connectivity index (χ3n) is 3.71. The zero-order valence-corrected chi connectivity index (χ0v) is 14.4. The highest BCUT2D eigenvalue weighted by molar-refractivity contribution is 6.32. The van der Waals surface area contributed by atoms with Gasteiger partial charge in [0, 0.05) is 6.42 Å². The predicted octanol–water partition coefficient (Wildman–Crippen LogP) is 3.79. The lowest BCUT2D eigenvalue weighted by Crippen LogP contribution is -2.12. The van der Waals surface area contributed by atoms with E-state index in [-0.39, 0.29) is 5.02 Å². The summed E-state index contributed by atoms with van der Waals surface area (Å²) in [6.45, 7) is 2.04. The van der Waals surface area contributed by atoms with E-state index in [1.807, 2.05) is 61.5 Å². The highest BCUT2D eigenvalue weighted by Crippen LogP contribution is 2.16. The fourth-order valence-electron chi connectivity index (χ4n) is 2.33. The molecule has 0 aliphatic carbocycles. The average Bonchev–Trinajstić information content (AvgIpc) is 2.63. The number of rotatable bonds is 5. The molecule has 2 aromatic carbocycles. The molecule has 0 fully saturated rings. The molecule has 0 spiro atoms. The van der Waals surface area contributed by atoms with Crippen molar-refractivity contribution in [1.82, 2.24) is 10.2 Å². The van der Waals surface area contributed by atoms with Gasteiger partial charge in [-0.2, -0.15) is 10.2 Å². The second-order valence-electron chi connectivity index (χ2n) is 5.63. The molecule has 1 heterocycles. The maximum Gasteiger partial charge on any atom is 0.285 e. The standard InChI is InChI=1S/C19H17ClN4O/c1-13-7-9-15(10-8-13)16(11-14-5-3-2-4-6-14)22-23-17-12-21-24-19(25)18(17)20/h2-10,12H,11H2,1H3,(H2,23,24,25)/b22-16+. The number of hydrogen-bond donors (Lipinski definition) is 2. The second kappa shape index (κ2) is 7.77. The molecular formula is C19H17ClN4O. The summed E-state index contributed by atoms with van der Waals surface area (Å²) in [6, 6.07) is 18.2. The molecule has 0 amide bonds. The highest BCUT2D eigenvalue weighted by atomic mass is 35.5. The maximum absolute atomic E-state index is 11.5. The summed E-state index contributed by atoms with van der Waals surface area (Å²) < 4.78 is 0. The van der Waals surface area contributed by atoms with Crippen LogP contribution in [0.1, 0.15) is 16.7 Å². The van der Waals surface area contributed by atoms with E-state index >= 15 is 0 Å². The van der Waals surface area contributed by atoms with Crippen LogP contribution < -0.4 is 11.0 Å². The largest absolute Gasteiger partial charge is 0.285 e. The molecule has 3 rings (SSSR count). The highest BCUT2D eigenvalue weighted by Gasteiger charge is 2.08. The van der Waals surface area contributed by atoms with E-state index in [9.17, 15) is 4.79 Å². The van der Waals surface area contributed by atoms with Crippen molar-refractivity contribution in [3.63, 3.8) is 0 Å². The van der Waals surface area contributed by atoms with Gasteiger partial charge in [0.05, 0.1) is 11.9 Å². The van der Waals surface area contributed by atoms with Crippen molar-refractivity contribution < 1.29 is 0 Å². The lowest BCUT2D eigenvalue weighted by molar-refractivity contribution is 0.986. The summed E-state index contributed by atoms with van der Waals surface area (Å²) in [5.74, 6) is 0. The molecule has 0 saturated heterocycles. The molecule has 0 atom stereocenters. The van der Waals surface area contributed by atoms with E-state index in [1.165, 1.54) is 11.8 Å². The number of nitrogens with one attached hydrogen (secondary N) is 2. The van der Waals surface area contributed by atoms with Crippen LogP contribution in [-0.2, 0) is 6.42 Å². The first kappa shape index (κ1) is 16.9. The van der Waals surface area contributed by atoms with E-state index < -0.39 is 5.56 Å². The summed E-state index contributed by atoms with van der Waals surface area (Å²) in [5.41, 5.74) is 6.92. The number of H-pyrrole nitrogens is 1. The van der Waals surface area contributed by atoms with Crippen molar-refractivity contribution in [2.45, 2.75) is 13.3 Å². The Hall–Kier alpha value is -2.92. The fraction of sp³-hybridized carbons (Fsp3) is 0.105. The Bertz CT molecular complexity index is 934. The number of nitrogens with zero attached hydrogens (tertiary/aromatic N) is 2. The van der Waals surface area contributed by atoms with Gasteiger partial charge >= 0.3 is 0 Å². The van der Waals surface area contributed by atoms with E-state index in [0.717, 1.165) is 16.8 Å². The van der Waals surface area contributed by atoms with Crippen molar-refractivity contribution in [1.29, 1.82) is 0 Å². The lowest BCUT2D eigenvalue weighted by atomic mass is 10.0. The molecule has 0 saturated carbocycles. The van der Waals surface area contributed by atoms with Crippen LogP contribution in [0.15, 0.2) is 70.7 Å². The van der Waals surface area contributed by atoms with Crippen molar-refractivity contribution in [2.24, 2.45) is 5.10 Å². The normalized spacial score (nSPS) is 11.4. The number of halogens is 1. The molecule has 0 aliphatic heterocycles. The maximum atomic E-state index is 11.5. The minimum atomic E-state index is -0.457. The Kier molecular flexibility index (Phi) is 5.26. The van der Waals surface area contributed by atoms with Crippen molar-refractivity contribution in [2.75, 3.05) is 5.43 Å². The molecule has 2 N–H and O–H groups in total. The van der Waals surface area contributed by atoms with Crippen LogP contribution in [0.25, 0.3) is 0 Å². The Morgan fingerprint density at radius 3 is 2.60 bits per heavy atom. The number of benzene rings is 2. The van der Waals surface area contributed by atoms with Gasteiger partial charge in [-0.1, -0.05) is 71.8 Å². The van der Waals surface area contributed by atoms with Gasteiger partial charge in [-0.3, -0.25) is 10.2 Å². The van der Waals surface area contributed by atoms with Gasteiger partial charge < -0.3 is 0 Å². The number of aryl methyl sites for hydroxylation is 1. The molecule has 1 aromatic heterocycles. The first-order valence-electron chi connectivity index (χ1n) is 7.80. The summed E-state index contributed by atoms with van der Waals surface area (Å²) >= 11 is 5.99. The molecule has 3 aromatic rings. The first-order valence-corrected chi connectivity index (χ1v) is 8.18. The zero-order valence-electron chi connectivity index (χ0n) is 13.7. The Labute approximate surface area is 150 Å². The molecule has 0 radical (unpaired) electrons. The van der Waals surface area contributed by atoms with Crippen LogP contribution in [0.4, 0.5) is 5.69 Å². The van der Waals surface area contributed by atoms with Crippen LogP contribution in [0.2, 0.25) is 5.02 Å². The van der Waals surface area contributed by atoms with Crippen LogP contribution >= 0.6 is 11.6 Å². The molecule has 0 bridgehead atoms. The zero-order chi connectivity index (χ0) is 17.6. The number of anilines is 1. The summed E-state index contributed by atoms with van der Waals surface area (Å²) in [6.07, 6.45) is 2.08. The Balaban J connectivity index is 1.93. The van der Waals surface area contributed by atoms with Gasteiger partial charge in [0.25, 0.3) is 5.56 Å². The van der Waals surface area contributed by atoms with Crippen LogP contribution in [-0.4, -0.2) is 15.9 Å². The minimum Gasteiger partial charge on any atom is -0.275 e. The Morgan fingerprint density at radius 2 is 1.88 bits per heavy atom. The molecule has 25 heavy (non-hydrogen) atoms. The smallest absolute Gasteiger partial charge is 0.275 e. The monoisotopic (exact) mass is 352 g/mol. The summed E-state index contributed by atoms with van der Waals surface area (Å²) in [4.78, 5) is 11.5. The SMILES string of the molecule is Cc1ccc(/C(Cc2ccccc2)=N/Nc2cn[nH]c(=O)c2Cl)cc1. The molecule has 126 valence electrons. The third-order valence-corrected chi connectivity index (χ3v) is 4.08. The van der Waals surface area contributed by atoms with Crippen molar-refractivity contribution in [3.8, 4) is 0 Å². The van der Waals surface area contributed by atoms with Crippen molar-refractivity contribution in [3.05, 3.63) is 92.9 Å². The van der Waals surface area contributed by atoms with E-state index in [2.05, 4.69) is 20.7 Å². The van der Waals surface area contributed by atoms with Crippen molar-refractivity contribution >= 4 is 23.0 Å². The molecular weight excluding hydrogens is 336 g/mol. The van der Waals surface area contributed by atoms with Gasteiger partial charge in [-0.15, -0.1) is 0 Å².